The van der Waals surface area contributed by atoms with Crippen molar-refractivity contribution in [2.24, 2.45) is 10.9 Å². The summed E-state index contributed by atoms with van der Waals surface area (Å²) in [6, 6.07) is 3.53. The fourth-order valence-electron chi connectivity index (χ4n) is 0.552. The predicted molar refractivity (Wildman–Crippen MR) is 49.4 cm³/mol. The maximum absolute atomic E-state index is 4.98. The van der Waals surface area contributed by atoms with Gasteiger partial charge in [0, 0.05) is 0 Å². The highest BCUT2D eigenvalue weighted by Gasteiger charge is 1.88. The third-order valence-corrected chi connectivity index (χ3v) is 1.24. The molecule has 0 saturated carbocycles. The monoisotopic (exact) mass is 184 g/mol. The van der Waals surface area contributed by atoms with Crippen molar-refractivity contribution < 1.29 is 4.42 Å². The van der Waals surface area contributed by atoms with Crippen molar-refractivity contribution in [1.29, 1.82) is 0 Å². The zero-order valence-electron chi connectivity index (χ0n) is 6.15. The Labute approximate surface area is 74.6 Å². The molecule has 6 heteroatoms. The average Bonchev–Trinajstić information content (AvgIpc) is 2.57. The van der Waals surface area contributed by atoms with Crippen LogP contribution in [0.3, 0.4) is 0 Å². The minimum atomic E-state index is 0.248. The summed E-state index contributed by atoms with van der Waals surface area (Å²) in [7, 11) is 0. The van der Waals surface area contributed by atoms with E-state index < -0.39 is 0 Å². The number of nitrogens with zero attached hydrogens (tertiary/aromatic N) is 1. The van der Waals surface area contributed by atoms with E-state index in [9.17, 15) is 0 Å². The van der Waals surface area contributed by atoms with Gasteiger partial charge in [-0.15, -0.1) is 0 Å². The molecular weight excluding hydrogens is 176 g/mol. The zero-order valence-corrected chi connectivity index (χ0v) is 6.97. The van der Waals surface area contributed by atoms with Gasteiger partial charge in [0.1, 0.15) is 5.76 Å². The molecule has 1 rings (SSSR count). The number of nitrogens with one attached hydrogen (secondary N) is 2. The van der Waals surface area contributed by atoms with Crippen LogP contribution in [0.2, 0.25) is 0 Å². The number of hydrazine groups is 1. The van der Waals surface area contributed by atoms with Crippen LogP contribution in [0.25, 0.3) is 0 Å². The Bertz CT molecular complexity index is 269. The molecule has 0 aliphatic rings. The second kappa shape index (κ2) is 4.47. The van der Waals surface area contributed by atoms with Gasteiger partial charge in [0.25, 0.3) is 0 Å². The van der Waals surface area contributed by atoms with Gasteiger partial charge in [-0.3, -0.25) is 10.9 Å². The number of hydrogen-bond donors (Lipinski definition) is 3. The van der Waals surface area contributed by atoms with Crippen molar-refractivity contribution in [2.75, 3.05) is 0 Å². The molecule has 0 unspecified atom stereocenters. The van der Waals surface area contributed by atoms with Crippen molar-refractivity contribution in [3.63, 3.8) is 0 Å². The van der Waals surface area contributed by atoms with E-state index in [0.29, 0.717) is 5.76 Å². The van der Waals surface area contributed by atoms with Crippen LogP contribution in [0.15, 0.2) is 27.9 Å². The number of rotatable bonds is 2. The highest BCUT2D eigenvalue weighted by molar-refractivity contribution is 7.80. The highest BCUT2D eigenvalue weighted by Crippen LogP contribution is 1.93. The molecule has 0 saturated heterocycles. The molecule has 4 N–H and O–H groups in total. The Hall–Kier alpha value is -1.40. The van der Waals surface area contributed by atoms with Crippen LogP contribution in [0, 0.1) is 0 Å². The quantitative estimate of drug-likeness (QED) is 0.260. The molecule has 1 heterocycles. The number of furan rings is 1. The average molecular weight is 184 g/mol. The molecule has 0 spiro atoms. The Kier molecular flexibility index (Phi) is 3.24. The Morgan fingerprint density at radius 2 is 2.58 bits per heavy atom. The van der Waals surface area contributed by atoms with Gasteiger partial charge in [0.15, 0.2) is 0 Å². The molecule has 0 bridgehead atoms. The lowest BCUT2D eigenvalue weighted by molar-refractivity contribution is 0.560. The van der Waals surface area contributed by atoms with Crippen LogP contribution < -0.4 is 16.7 Å². The summed E-state index contributed by atoms with van der Waals surface area (Å²) in [6.07, 6.45) is 3.05. The fourth-order valence-corrected chi connectivity index (χ4v) is 0.604. The maximum atomic E-state index is 4.98. The third kappa shape index (κ3) is 2.69. The van der Waals surface area contributed by atoms with Gasteiger partial charge < -0.3 is 4.42 Å². The minimum absolute atomic E-state index is 0.248. The van der Waals surface area contributed by atoms with Gasteiger partial charge in [0.2, 0.25) is 5.11 Å². The van der Waals surface area contributed by atoms with E-state index in [2.05, 4.69) is 28.2 Å². The number of hydrazone groups is 1. The summed E-state index contributed by atoms with van der Waals surface area (Å²) in [5.74, 6) is 5.62. The molecule has 0 amide bonds. The lowest BCUT2D eigenvalue weighted by Gasteiger charge is -1.97. The van der Waals surface area contributed by atoms with Gasteiger partial charge in [-0.2, -0.15) is 5.10 Å². The molecule has 0 aromatic carbocycles. The summed E-state index contributed by atoms with van der Waals surface area (Å²) in [4.78, 5) is 0. The first-order chi connectivity index (χ1) is 5.83. The molecule has 0 fully saturated rings. The topological polar surface area (TPSA) is 75.6 Å². The van der Waals surface area contributed by atoms with Crippen LogP contribution in [0.4, 0.5) is 0 Å². The second-order valence-electron chi connectivity index (χ2n) is 1.86. The van der Waals surface area contributed by atoms with E-state index in [1.165, 1.54) is 6.21 Å². The fraction of sp³-hybridized carbons (Fsp3) is 0. The SMILES string of the molecule is NNC(=S)N/N=C/c1ccco1. The Balaban J connectivity index is 2.37. The molecule has 0 aliphatic heterocycles. The first kappa shape index (κ1) is 8.69. The van der Waals surface area contributed by atoms with Crippen molar-refractivity contribution in [3.05, 3.63) is 24.2 Å². The number of thiocarbonyl (C=S) groups is 1. The molecule has 5 nitrogen and oxygen atoms in total. The van der Waals surface area contributed by atoms with Crippen molar-refractivity contribution in [3.8, 4) is 0 Å². The van der Waals surface area contributed by atoms with Crippen molar-refractivity contribution in [1.82, 2.24) is 10.9 Å². The van der Waals surface area contributed by atoms with E-state index in [-0.39, 0.29) is 5.11 Å². The molecular formula is C6H8N4OS. The first-order valence-corrected chi connectivity index (χ1v) is 3.57. The van der Waals surface area contributed by atoms with E-state index >= 15 is 0 Å². The Morgan fingerprint density at radius 1 is 1.75 bits per heavy atom. The van der Waals surface area contributed by atoms with Crippen LogP contribution in [0.5, 0.6) is 0 Å². The summed E-state index contributed by atoms with van der Waals surface area (Å²) < 4.78 is 4.96. The standard InChI is InChI=1S/C6H8N4OS/c7-9-6(12)10-8-4-5-2-1-3-11-5/h1-4H,7H2,(H2,9,10,12)/b8-4+. The molecule has 0 aliphatic carbocycles. The summed E-state index contributed by atoms with van der Waals surface area (Å²) in [5, 5.41) is 3.98. The molecule has 0 radical (unpaired) electrons. The largest absolute Gasteiger partial charge is 0.463 e. The van der Waals surface area contributed by atoms with Gasteiger partial charge in [-0.05, 0) is 24.4 Å². The van der Waals surface area contributed by atoms with Gasteiger partial charge >= 0.3 is 0 Å². The van der Waals surface area contributed by atoms with Crippen molar-refractivity contribution in [2.45, 2.75) is 0 Å². The molecule has 64 valence electrons. The third-order valence-electron chi connectivity index (χ3n) is 1.03. The maximum Gasteiger partial charge on any atom is 0.201 e. The van der Waals surface area contributed by atoms with E-state index in [1.54, 1.807) is 18.4 Å². The van der Waals surface area contributed by atoms with E-state index in [4.69, 9.17) is 10.3 Å². The number of nitrogens with two attached hydrogens (primary N) is 1. The highest BCUT2D eigenvalue weighted by atomic mass is 32.1. The first-order valence-electron chi connectivity index (χ1n) is 3.16. The second-order valence-corrected chi connectivity index (χ2v) is 2.27. The lowest BCUT2D eigenvalue weighted by Crippen LogP contribution is -2.37. The molecule has 1 aromatic heterocycles. The van der Waals surface area contributed by atoms with Crippen LogP contribution in [-0.4, -0.2) is 11.3 Å². The van der Waals surface area contributed by atoms with E-state index in [0.717, 1.165) is 0 Å². The van der Waals surface area contributed by atoms with Gasteiger partial charge in [0.05, 0.1) is 12.5 Å². The van der Waals surface area contributed by atoms with Crippen LogP contribution in [0.1, 0.15) is 5.76 Å². The predicted octanol–water partition coefficient (Wildman–Crippen LogP) is -0.0487. The Morgan fingerprint density at radius 3 is 3.17 bits per heavy atom. The summed E-state index contributed by atoms with van der Waals surface area (Å²) in [6.45, 7) is 0. The van der Waals surface area contributed by atoms with E-state index in [1.807, 2.05) is 0 Å². The molecule has 0 atom stereocenters. The van der Waals surface area contributed by atoms with Crippen LogP contribution >= 0.6 is 12.2 Å². The van der Waals surface area contributed by atoms with Crippen molar-refractivity contribution >= 4 is 23.5 Å². The summed E-state index contributed by atoms with van der Waals surface area (Å²) >= 11 is 4.66. The van der Waals surface area contributed by atoms with Crippen LogP contribution in [-0.2, 0) is 0 Å². The summed E-state index contributed by atoms with van der Waals surface area (Å²) in [5.41, 5.74) is 4.70. The normalized spacial score (nSPS) is 10.1. The van der Waals surface area contributed by atoms with Gasteiger partial charge in [-0.25, -0.2) is 5.84 Å². The zero-order chi connectivity index (χ0) is 8.81. The molecule has 1 aromatic rings. The minimum Gasteiger partial charge on any atom is -0.463 e. The molecule has 12 heavy (non-hydrogen) atoms. The smallest absolute Gasteiger partial charge is 0.201 e. The number of hydrogen-bond acceptors (Lipinski definition) is 4. The van der Waals surface area contributed by atoms with Gasteiger partial charge in [-0.1, -0.05) is 0 Å². The lowest BCUT2D eigenvalue weighted by atomic mass is 10.5.